The Kier molecular flexibility index (Phi) is 6.53. The predicted octanol–water partition coefficient (Wildman–Crippen LogP) is 11.0. The molecule has 6 aromatic carbocycles. The van der Waals surface area contributed by atoms with Crippen LogP contribution in [0.1, 0.15) is 5.56 Å². The highest BCUT2D eigenvalue weighted by Crippen LogP contribution is 2.46. The van der Waals surface area contributed by atoms with Gasteiger partial charge in [-0.05, 0) is 108 Å². The number of hydrogen-bond acceptors (Lipinski definition) is 3. The molecule has 0 N–H and O–H groups in total. The maximum absolute atomic E-state index is 9.49. The Morgan fingerprint density at radius 1 is 0.478 bits per heavy atom. The zero-order valence-electron chi connectivity index (χ0n) is 24.6. The number of pyridine rings is 2. The average Bonchev–Trinajstić information content (AvgIpc) is 3.13. The average molecular weight is 585 g/mol. The Hall–Kier alpha value is -6.62. The molecule has 4 nitrogen and oxygen atoms in total. The van der Waals surface area contributed by atoms with Gasteiger partial charge in [-0.1, -0.05) is 84.9 Å². The summed E-state index contributed by atoms with van der Waals surface area (Å²) in [7, 11) is 0. The van der Waals surface area contributed by atoms with Gasteiger partial charge in [0.25, 0.3) is 0 Å². The molecule has 0 aliphatic heterocycles. The maximum atomic E-state index is 9.49. The van der Waals surface area contributed by atoms with Crippen LogP contribution in [0, 0.1) is 17.9 Å². The van der Waals surface area contributed by atoms with Crippen molar-refractivity contribution in [2.24, 2.45) is 0 Å². The van der Waals surface area contributed by atoms with Crippen LogP contribution < -0.4 is 0 Å². The molecule has 212 valence electrons. The summed E-state index contributed by atoms with van der Waals surface area (Å²) in [4.78, 5) is 12.2. The van der Waals surface area contributed by atoms with Gasteiger partial charge in [-0.25, -0.2) is 4.85 Å². The lowest BCUT2D eigenvalue weighted by Crippen LogP contribution is -1.92. The van der Waals surface area contributed by atoms with Crippen molar-refractivity contribution in [2.45, 2.75) is 0 Å². The first-order chi connectivity index (χ1) is 22.7. The molecule has 0 saturated carbocycles. The summed E-state index contributed by atoms with van der Waals surface area (Å²) in [5.41, 5.74) is 9.42. The minimum absolute atomic E-state index is 0.520. The normalized spacial score (nSPS) is 11.0. The Morgan fingerprint density at radius 3 is 1.57 bits per heavy atom. The van der Waals surface area contributed by atoms with Crippen LogP contribution in [0.3, 0.4) is 0 Å². The van der Waals surface area contributed by atoms with Crippen LogP contribution in [0.4, 0.5) is 5.69 Å². The van der Waals surface area contributed by atoms with Crippen LogP contribution >= 0.6 is 0 Å². The third-order valence-corrected chi connectivity index (χ3v) is 8.58. The van der Waals surface area contributed by atoms with Crippen LogP contribution in [-0.2, 0) is 0 Å². The Bertz CT molecular complexity index is 2390. The van der Waals surface area contributed by atoms with E-state index in [0.29, 0.717) is 11.3 Å². The monoisotopic (exact) mass is 584 g/mol. The van der Waals surface area contributed by atoms with Gasteiger partial charge >= 0.3 is 0 Å². The molecule has 0 aliphatic carbocycles. The summed E-state index contributed by atoms with van der Waals surface area (Å²) >= 11 is 0. The van der Waals surface area contributed by atoms with Crippen LogP contribution in [0.2, 0.25) is 0 Å². The summed E-state index contributed by atoms with van der Waals surface area (Å²) in [6.07, 6.45) is 6.81. The van der Waals surface area contributed by atoms with Crippen molar-refractivity contribution in [1.29, 1.82) is 5.26 Å². The Labute approximate surface area is 266 Å². The third kappa shape index (κ3) is 4.63. The summed E-state index contributed by atoms with van der Waals surface area (Å²) in [5.74, 6) is 0. The lowest BCUT2D eigenvalue weighted by molar-refractivity contribution is 1.30. The third-order valence-electron chi connectivity index (χ3n) is 8.58. The predicted molar refractivity (Wildman–Crippen MR) is 187 cm³/mol. The topological polar surface area (TPSA) is 53.9 Å². The van der Waals surface area contributed by atoms with E-state index in [1.165, 1.54) is 16.3 Å². The molecule has 0 radical (unpaired) electrons. The molecule has 8 rings (SSSR count). The maximum Gasteiger partial charge on any atom is 0.205 e. The van der Waals surface area contributed by atoms with Crippen molar-refractivity contribution in [2.75, 3.05) is 0 Å². The fourth-order valence-electron chi connectivity index (χ4n) is 6.50. The van der Waals surface area contributed by atoms with Gasteiger partial charge in [-0.2, -0.15) is 5.26 Å². The number of hydrogen-bond donors (Lipinski definition) is 0. The summed E-state index contributed by atoms with van der Waals surface area (Å²) < 4.78 is 0. The van der Waals surface area contributed by atoms with E-state index in [1.54, 1.807) is 12.4 Å². The highest BCUT2D eigenvalue weighted by Gasteiger charge is 2.18. The first-order valence-corrected chi connectivity index (χ1v) is 15.0. The molecule has 0 spiro atoms. The van der Waals surface area contributed by atoms with E-state index in [-0.39, 0.29) is 0 Å². The zero-order chi connectivity index (χ0) is 31.0. The summed E-state index contributed by atoms with van der Waals surface area (Å²) in [6, 6.07) is 44.8. The van der Waals surface area contributed by atoms with Gasteiger partial charge in [-0.3, -0.25) is 9.97 Å². The molecule has 4 heteroatoms. The minimum Gasteiger partial charge on any atom is -0.276 e. The number of benzene rings is 6. The number of nitrogens with zero attached hydrogens (tertiary/aromatic N) is 4. The van der Waals surface area contributed by atoms with Gasteiger partial charge in [0.1, 0.15) is 6.07 Å². The quantitative estimate of drug-likeness (QED) is 0.153. The number of nitriles is 1. The van der Waals surface area contributed by atoms with E-state index >= 15 is 0 Å². The van der Waals surface area contributed by atoms with Crippen LogP contribution in [0.15, 0.2) is 146 Å². The molecule has 0 saturated heterocycles. The molecular formula is C42H24N4. The lowest BCUT2D eigenvalue weighted by Gasteiger charge is -2.19. The molecule has 0 atom stereocenters. The van der Waals surface area contributed by atoms with Crippen molar-refractivity contribution < 1.29 is 0 Å². The molecular weight excluding hydrogens is 560 g/mol. The lowest BCUT2D eigenvalue weighted by atomic mass is 9.84. The zero-order valence-corrected chi connectivity index (χ0v) is 24.6. The minimum atomic E-state index is 0.520. The SMILES string of the molecule is [C-]#[N+]c1cncc(-c2cccc(-c3c4ccccc4c(-c4cccc(-c5cncc(C#N)c5)c4)c4cc5ccccc5cc34)c2)c1. The van der Waals surface area contributed by atoms with Crippen molar-refractivity contribution >= 4 is 38.0 Å². The van der Waals surface area contributed by atoms with Crippen LogP contribution in [0.25, 0.3) is 81.7 Å². The highest BCUT2D eigenvalue weighted by atomic mass is 14.7. The standard InChI is InChI=1S/C42H24N4/c1-44-36-19-35(25-46-26-36)29-11-7-13-33(18-29)42-38-15-5-4-14-37(38)41(39-20-30-8-2-3-9-31(30)21-40(39)42)32-12-6-10-28(17-32)34-16-27(22-43)23-45-24-34/h2-21,23-26H. The molecule has 0 amide bonds. The fraction of sp³-hybridized carbons (Fsp3) is 0. The largest absolute Gasteiger partial charge is 0.276 e. The molecule has 46 heavy (non-hydrogen) atoms. The van der Waals surface area contributed by atoms with Gasteiger partial charge in [-0.15, -0.1) is 0 Å². The second-order valence-electron chi connectivity index (χ2n) is 11.3. The number of fused-ring (bicyclic) bond motifs is 3. The Balaban J connectivity index is 1.44. The van der Waals surface area contributed by atoms with Gasteiger partial charge in [0.05, 0.1) is 12.1 Å². The van der Waals surface area contributed by atoms with E-state index < -0.39 is 0 Å². The second-order valence-corrected chi connectivity index (χ2v) is 11.3. The molecule has 2 aromatic heterocycles. The van der Waals surface area contributed by atoms with Crippen molar-refractivity contribution in [3.63, 3.8) is 0 Å². The van der Waals surface area contributed by atoms with E-state index in [0.717, 1.165) is 60.5 Å². The van der Waals surface area contributed by atoms with Gasteiger partial charge in [0.2, 0.25) is 5.69 Å². The number of rotatable bonds is 4. The number of aromatic nitrogens is 2. The second kappa shape index (κ2) is 11.1. The molecule has 0 fully saturated rings. The summed E-state index contributed by atoms with van der Waals surface area (Å²) in [5, 5.41) is 16.5. The fourth-order valence-corrected chi connectivity index (χ4v) is 6.50. The van der Waals surface area contributed by atoms with Crippen molar-refractivity contribution in [3.05, 3.63) is 163 Å². The smallest absolute Gasteiger partial charge is 0.205 e. The molecule has 8 aromatic rings. The van der Waals surface area contributed by atoms with Crippen molar-refractivity contribution in [3.8, 4) is 50.6 Å². The first-order valence-electron chi connectivity index (χ1n) is 15.0. The molecule has 2 heterocycles. The Morgan fingerprint density at radius 2 is 1.00 bits per heavy atom. The van der Waals surface area contributed by atoms with E-state index in [9.17, 15) is 5.26 Å². The summed E-state index contributed by atoms with van der Waals surface area (Å²) in [6.45, 7) is 7.47. The molecule has 0 aliphatic rings. The van der Waals surface area contributed by atoms with Crippen LogP contribution in [0.5, 0.6) is 0 Å². The molecule has 0 unspecified atom stereocenters. The van der Waals surface area contributed by atoms with Gasteiger partial charge in [0, 0.05) is 30.4 Å². The van der Waals surface area contributed by atoms with Gasteiger partial charge < -0.3 is 0 Å². The van der Waals surface area contributed by atoms with Gasteiger partial charge in [0.15, 0.2) is 0 Å². The van der Waals surface area contributed by atoms with E-state index in [1.807, 2.05) is 24.5 Å². The van der Waals surface area contributed by atoms with E-state index in [4.69, 9.17) is 6.57 Å². The van der Waals surface area contributed by atoms with Crippen LogP contribution in [-0.4, -0.2) is 9.97 Å². The first kappa shape index (κ1) is 27.0. The highest BCUT2D eigenvalue weighted by molar-refractivity contribution is 6.23. The molecule has 0 bridgehead atoms. The van der Waals surface area contributed by atoms with Crippen molar-refractivity contribution in [1.82, 2.24) is 9.97 Å². The van der Waals surface area contributed by atoms with E-state index in [2.05, 4.69) is 130 Å².